The maximum Gasteiger partial charge on any atom is 0.223 e. The van der Waals surface area contributed by atoms with E-state index in [4.69, 9.17) is 4.52 Å². The normalized spacial score (nSPS) is 10.8. The number of rotatable bonds is 2. The van der Waals surface area contributed by atoms with Gasteiger partial charge < -0.3 is 9.84 Å². The molecule has 0 aliphatic rings. The zero-order valence-corrected chi connectivity index (χ0v) is 10.1. The quantitative estimate of drug-likeness (QED) is 0.746. The van der Waals surface area contributed by atoms with Crippen LogP contribution in [0.4, 0.5) is 5.82 Å². The lowest BCUT2D eigenvalue weighted by Gasteiger charge is -2.02. The summed E-state index contributed by atoms with van der Waals surface area (Å²) < 4.78 is 4.98. The summed E-state index contributed by atoms with van der Waals surface area (Å²) >= 11 is 0. The predicted molar refractivity (Wildman–Crippen MR) is 69.3 cm³/mol. The standard InChI is InChI=1S/C13H12N4O/c1-8-15-13(17-18-8)10-3-5-11-9(7-10)4-6-12(14-2)16-11/h3-7H,1-2H3,(H,14,16). The van der Waals surface area contributed by atoms with Gasteiger partial charge in [-0.2, -0.15) is 4.98 Å². The molecule has 0 saturated heterocycles. The third-order valence-corrected chi connectivity index (χ3v) is 2.73. The highest BCUT2D eigenvalue weighted by Crippen LogP contribution is 2.22. The van der Waals surface area contributed by atoms with Crippen LogP contribution in [0.1, 0.15) is 5.89 Å². The van der Waals surface area contributed by atoms with E-state index < -0.39 is 0 Å². The third kappa shape index (κ3) is 1.79. The maximum absolute atomic E-state index is 4.98. The van der Waals surface area contributed by atoms with E-state index in [-0.39, 0.29) is 0 Å². The number of benzene rings is 1. The number of nitrogens with one attached hydrogen (secondary N) is 1. The molecule has 3 aromatic rings. The third-order valence-electron chi connectivity index (χ3n) is 2.73. The Balaban J connectivity index is 2.11. The van der Waals surface area contributed by atoms with Crippen molar-refractivity contribution in [2.75, 3.05) is 12.4 Å². The Morgan fingerprint density at radius 1 is 1.11 bits per heavy atom. The lowest BCUT2D eigenvalue weighted by Crippen LogP contribution is -1.92. The minimum atomic E-state index is 0.564. The highest BCUT2D eigenvalue weighted by molar-refractivity contribution is 5.84. The highest BCUT2D eigenvalue weighted by Gasteiger charge is 2.06. The van der Waals surface area contributed by atoms with Gasteiger partial charge in [-0.1, -0.05) is 5.16 Å². The van der Waals surface area contributed by atoms with E-state index in [2.05, 4.69) is 20.4 Å². The van der Waals surface area contributed by atoms with Crippen molar-refractivity contribution in [3.63, 3.8) is 0 Å². The number of hydrogen-bond acceptors (Lipinski definition) is 5. The van der Waals surface area contributed by atoms with Crippen LogP contribution >= 0.6 is 0 Å². The fourth-order valence-electron chi connectivity index (χ4n) is 1.82. The molecule has 5 heteroatoms. The minimum Gasteiger partial charge on any atom is -0.373 e. The monoisotopic (exact) mass is 240 g/mol. The molecule has 0 atom stereocenters. The Labute approximate surface area is 104 Å². The molecule has 0 radical (unpaired) electrons. The summed E-state index contributed by atoms with van der Waals surface area (Å²) in [6.45, 7) is 1.78. The van der Waals surface area contributed by atoms with Crippen LogP contribution in [-0.4, -0.2) is 22.2 Å². The Bertz CT molecular complexity index is 705. The molecule has 0 spiro atoms. The number of pyridine rings is 1. The summed E-state index contributed by atoms with van der Waals surface area (Å²) in [7, 11) is 1.85. The number of anilines is 1. The van der Waals surface area contributed by atoms with Gasteiger partial charge in [0.15, 0.2) is 0 Å². The lowest BCUT2D eigenvalue weighted by molar-refractivity contribution is 0.394. The average molecular weight is 240 g/mol. The number of fused-ring (bicyclic) bond motifs is 1. The summed E-state index contributed by atoms with van der Waals surface area (Å²) in [6.07, 6.45) is 0. The molecule has 0 unspecified atom stereocenters. The van der Waals surface area contributed by atoms with Crippen molar-refractivity contribution in [1.29, 1.82) is 0 Å². The smallest absolute Gasteiger partial charge is 0.223 e. The van der Waals surface area contributed by atoms with E-state index in [0.29, 0.717) is 11.7 Å². The molecule has 90 valence electrons. The zero-order chi connectivity index (χ0) is 12.5. The van der Waals surface area contributed by atoms with Crippen LogP contribution < -0.4 is 5.32 Å². The summed E-state index contributed by atoms with van der Waals surface area (Å²) in [5.74, 6) is 2.02. The van der Waals surface area contributed by atoms with Crippen molar-refractivity contribution < 1.29 is 4.52 Å². The van der Waals surface area contributed by atoms with Crippen LogP contribution in [0, 0.1) is 6.92 Å². The summed E-state index contributed by atoms with van der Waals surface area (Å²) in [6, 6.07) is 9.86. The summed E-state index contributed by atoms with van der Waals surface area (Å²) in [4.78, 5) is 8.67. The Morgan fingerprint density at radius 3 is 2.72 bits per heavy atom. The summed E-state index contributed by atoms with van der Waals surface area (Å²) in [5, 5.41) is 7.98. The topological polar surface area (TPSA) is 63.8 Å². The van der Waals surface area contributed by atoms with Gasteiger partial charge in [-0.15, -0.1) is 0 Å². The van der Waals surface area contributed by atoms with Gasteiger partial charge in [-0.25, -0.2) is 4.98 Å². The molecule has 0 fully saturated rings. The molecule has 0 aliphatic heterocycles. The van der Waals surface area contributed by atoms with Crippen LogP contribution in [0.5, 0.6) is 0 Å². The molecule has 0 bridgehead atoms. The Morgan fingerprint density at radius 2 is 2.00 bits per heavy atom. The van der Waals surface area contributed by atoms with Crippen molar-refractivity contribution in [2.24, 2.45) is 0 Å². The minimum absolute atomic E-state index is 0.564. The maximum atomic E-state index is 4.98. The highest BCUT2D eigenvalue weighted by atomic mass is 16.5. The second kappa shape index (κ2) is 4.10. The van der Waals surface area contributed by atoms with Gasteiger partial charge >= 0.3 is 0 Å². The molecule has 0 aliphatic carbocycles. The first-order chi connectivity index (χ1) is 8.76. The molecule has 2 aromatic heterocycles. The van der Waals surface area contributed by atoms with Crippen LogP contribution in [0.2, 0.25) is 0 Å². The van der Waals surface area contributed by atoms with Gasteiger partial charge in [0.25, 0.3) is 0 Å². The molecule has 3 rings (SSSR count). The molecule has 18 heavy (non-hydrogen) atoms. The van der Waals surface area contributed by atoms with Gasteiger partial charge in [0, 0.05) is 24.9 Å². The molecular weight excluding hydrogens is 228 g/mol. The molecule has 1 aromatic carbocycles. The SMILES string of the molecule is CNc1ccc2cc(-c3noc(C)n3)ccc2n1. The van der Waals surface area contributed by atoms with Gasteiger partial charge in [-0.05, 0) is 30.3 Å². The first-order valence-electron chi connectivity index (χ1n) is 5.65. The fraction of sp³-hybridized carbons (Fsp3) is 0.154. The molecule has 0 saturated carbocycles. The Hall–Kier alpha value is -2.43. The van der Waals surface area contributed by atoms with E-state index in [9.17, 15) is 0 Å². The molecular formula is C13H12N4O. The average Bonchev–Trinajstić information content (AvgIpc) is 2.84. The second-order valence-electron chi connectivity index (χ2n) is 3.99. The Kier molecular flexibility index (Phi) is 2.44. The zero-order valence-electron chi connectivity index (χ0n) is 10.1. The predicted octanol–water partition coefficient (Wildman–Crippen LogP) is 2.63. The van der Waals surface area contributed by atoms with Crippen molar-refractivity contribution in [1.82, 2.24) is 15.1 Å². The first-order valence-corrected chi connectivity index (χ1v) is 5.65. The van der Waals surface area contributed by atoms with Crippen molar-refractivity contribution in [3.8, 4) is 11.4 Å². The van der Waals surface area contributed by atoms with E-state index in [0.717, 1.165) is 22.3 Å². The van der Waals surface area contributed by atoms with Crippen LogP contribution in [0.3, 0.4) is 0 Å². The number of aromatic nitrogens is 3. The van der Waals surface area contributed by atoms with Crippen LogP contribution in [0.25, 0.3) is 22.3 Å². The molecule has 0 amide bonds. The van der Waals surface area contributed by atoms with E-state index in [1.807, 2.05) is 37.4 Å². The van der Waals surface area contributed by atoms with E-state index in [1.165, 1.54) is 0 Å². The van der Waals surface area contributed by atoms with Crippen molar-refractivity contribution in [2.45, 2.75) is 6.92 Å². The molecule has 2 heterocycles. The largest absolute Gasteiger partial charge is 0.373 e. The van der Waals surface area contributed by atoms with Crippen LogP contribution in [0.15, 0.2) is 34.9 Å². The number of nitrogens with zero attached hydrogens (tertiary/aromatic N) is 3. The van der Waals surface area contributed by atoms with Gasteiger partial charge in [0.1, 0.15) is 5.82 Å². The number of hydrogen-bond donors (Lipinski definition) is 1. The lowest BCUT2D eigenvalue weighted by atomic mass is 10.1. The second-order valence-corrected chi connectivity index (χ2v) is 3.99. The van der Waals surface area contributed by atoms with Crippen molar-refractivity contribution in [3.05, 3.63) is 36.2 Å². The molecule has 1 N–H and O–H groups in total. The number of aryl methyl sites for hydroxylation is 1. The fourth-order valence-corrected chi connectivity index (χ4v) is 1.82. The van der Waals surface area contributed by atoms with Gasteiger partial charge in [-0.3, -0.25) is 0 Å². The summed E-state index contributed by atoms with van der Waals surface area (Å²) in [5.41, 5.74) is 1.86. The molecule has 5 nitrogen and oxygen atoms in total. The van der Waals surface area contributed by atoms with Gasteiger partial charge in [0.2, 0.25) is 11.7 Å². The van der Waals surface area contributed by atoms with Crippen LogP contribution in [-0.2, 0) is 0 Å². The van der Waals surface area contributed by atoms with E-state index in [1.54, 1.807) is 6.92 Å². The van der Waals surface area contributed by atoms with E-state index >= 15 is 0 Å². The first kappa shape index (κ1) is 10.7. The van der Waals surface area contributed by atoms with Gasteiger partial charge in [0.05, 0.1) is 5.52 Å². The van der Waals surface area contributed by atoms with Crippen molar-refractivity contribution >= 4 is 16.7 Å².